The molecule has 0 rings (SSSR count). The molecule has 0 aliphatic rings. The molecule has 2 N–H and O–H groups in total. The number of amides is 2. The molecule has 0 spiro atoms. The third-order valence-corrected chi connectivity index (χ3v) is 4.17. The molecule has 0 bridgehead atoms. The highest BCUT2D eigenvalue weighted by Gasteiger charge is 2.36. The molecule has 0 aromatic carbocycles. The second kappa shape index (κ2) is 6.72. The molecule has 0 heterocycles. The highest BCUT2D eigenvalue weighted by atomic mass is 32.2. The van der Waals surface area contributed by atoms with E-state index in [-0.39, 0.29) is 18.3 Å². The van der Waals surface area contributed by atoms with Crippen molar-refractivity contribution in [3.8, 4) is 0 Å². The number of urea groups is 1. The Morgan fingerprint density at radius 3 is 2.28 bits per heavy atom. The van der Waals surface area contributed by atoms with E-state index in [0.717, 1.165) is 0 Å². The SMILES string of the molecule is CCN(C(=O)NCC(C)S(C)=O)C(C)(C)C(=O)O. The predicted molar refractivity (Wildman–Crippen MR) is 71.0 cm³/mol. The second-order valence-electron chi connectivity index (χ2n) is 4.60. The van der Waals surface area contributed by atoms with Crippen molar-refractivity contribution < 1.29 is 18.9 Å². The standard InChI is InChI=1S/C11H22N2O4S/c1-6-13(11(3,4)9(14)15)10(16)12-7-8(2)18(5)17/h8H,6-7H2,1-5H3,(H,12,16)(H,14,15). The normalized spacial score (nSPS) is 14.7. The first-order chi connectivity index (χ1) is 8.14. The third-order valence-electron chi connectivity index (χ3n) is 2.87. The number of hydrogen-bond donors (Lipinski definition) is 2. The minimum absolute atomic E-state index is 0.166. The van der Waals surface area contributed by atoms with E-state index in [1.807, 2.05) is 0 Å². The minimum atomic E-state index is -1.27. The first-order valence-corrected chi connectivity index (χ1v) is 7.37. The zero-order valence-electron chi connectivity index (χ0n) is 11.5. The van der Waals surface area contributed by atoms with Crippen molar-refractivity contribution in [3.63, 3.8) is 0 Å². The van der Waals surface area contributed by atoms with Crippen molar-refractivity contribution in [3.05, 3.63) is 0 Å². The van der Waals surface area contributed by atoms with Crippen LogP contribution >= 0.6 is 0 Å². The molecule has 6 nitrogen and oxygen atoms in total. The van der Waals surface area contributed by atoms with Crippen LogP contribution in [-0.2, 0) is 15.6 Å². The van der Waals surface area contributed by atoms with Gasteiger partial charge in [-0.15, -0.1) is 0 Å². The van der Waals surface area contributed by atoms with Gasteiger partial charge in [-0.2, -0.15) is 0 Å². The van der Waals surface area contributed by atoms with Crippen molar-refractivity contribution in [1.29, 1.82) is 0 Å². The highest BCUT2D eigenvalue weighted by Crippen LogP contribution is 2.14. The van der Waals surface area contributed by atoms with E-state index in [9.17, 15) is 13.8 Å². The van der Waals surface area contributed by atoms with Crippen molar-refractivity contribution >= 4 is 22.8 Å². The van der Waals surface area contributed by atoms with Crippen LogP contribution in [0.4, 0.5) is 4.79 Å². The summed E-state index contributed by atoms with van der Waals surface area (Å²) in [6, 6.07) is -0.456. The molecular formula is C11H22N2O4S. The minimum Gasteiger partial charge on any atom is -0.480 e. The summed E-state index contributed by atoms with van der Waals surface area (Å²) in [6.45, 7) is 6.96. The van der Waals surface area contributed by atoms with Crippen LogP contribution in [0.25, 0.3) is 0 Å². The maximum atomic E-state index is 11.9. The molecule has 0 aliphatic heterocycles. The van der Waals surface area contributed by atoms with Gasteiger partial charge >= 0.3 is 12.0 Å². The fourth-order valence-corrected chi connectivity index (χ4v) is 1.67. The molecule has 18 heavy (non-hydrogen) atoms. The van der Waals surface area contributed by atoms with Gasteiger partial charge in [-0.05, 0) is 27.7 Å². The van der Waals surface area contributed by atoms with E-state index in [0.29, 0.717) is 0 Å². The molecule has 2 amide bonds. The van der Waals surface area contributed by atoms with E-state index in [1.54, 1.807) is 20.1 Å². The summed E-state index contributed by atoms with van der Waals surface area (Å²) in [5, 5.41) is 11.5. The molecule has 2 unspecified atom stereocenters. The average molecular weight is 278 g/mol. The molecule has 0 aromatic rings. The Morgan fingerprint density at radius 2 is 1.94 bits per heavy atom. The molecule has 2 atom stereocenters. The Bertz CT molecular complexity index is 344. The number of carboxylic acid groups (broad SMARTS) is 1. The highest BCUT2D eigenvalue weighted by molar-refractivity contribution is 7.84. The van der Waals surface area contributed by atoms with Gasteiger partial charge in [0, 0.05) is 35.4 Å². The smallest absolute Gasteiger partial charge is 0.329 e. The van der Waals surface area contributed by atoms with Gasteiger partial charge in [0.05, 0.1) is 0 Å². The monoisotopic (exact) mass is 278 g/mol. The summed E-state index contributed by atoms with van der Waals surface area (Å²) >= 11 is 0. The van der Waals surface area contributed by atoms with Crippen LogP contribution in [0, 0.1) is 0 Å². The van der Waals surface area contributed by atoms with Crippen molar-refractivity contribution in [2.45, 2.75) is 38.5 Å². The van der Waals surface area contributed by atoms with Crippen molar-refractivity contribution in [1.82, 2.24) is 10.2 Å². The van der Waals surface area contributed by atoms with Gasteiger partial charge in [-0.3, -0.25) is 4.21 Å². The van der Waals surface area contributed by atoms with Crippen LogP contribution in [0.15, 0.2) is 0 Å². The lowest BCUT2D eigenvalue weighted by molar-refractivity contribution is -0.147. The molecular weight excluding hydrogens is 256 g/mol. The van der Waals surface area contributed by atoms with Crippen LogP contribution in [0.3, 0.4) is 0 Å². The first-order valence-electron chi connectivity index (χ1n) is 5.75. The summed E-state index contributed by atoms with van der Waals surface area (Å²) in [7, 11) is -1.02. The van der Waals surface area contributed by atoms with Crippen molar-refractivity contribution in [2.75, 3.05) is 19.3 Å². The number of likely N-dealkylation sites (N-methyl/N-ethyl adjacent to an activating group) is 1. The van der Waals surface area contributed by atoms with Gasteiger partial charge in [0.1, 0.15) is 5.54 Å². The number of rotatable bonds is 6. The number of hydrogen-bond acceptors (Lipinski definition) is 3. The van der Waals surface area contributed by atoms with E-state index < -0.39 is 28.3 Å². The van der Waals surface area contributed by atoms with Crippen LogP contribution < -0.4 is 5.32 Å². The fourth-order valence-electron chi connectivity index (χ4n) is 1.35. The Morgan fingerprint density at radius 1 is 1.44 bits per heavy atom. The quantitative estimate of drug-likeness (QED) is 0.747. The van der Waals surface area contributed by atoms with Crippen molar-refractivity contribution in [2.24, 2.45) is 0 Å². The van der Waals surface area contributed by atoms with Gasteiger partial charge < -0.3 is 15.3 Å². The third kappa shape index (κ3) is 4.29. The summed E-state index contributed by atoms with van der Waals surface area (Å²) in [5.74, 6) is -1.06. The van der Waals surface area contributed by atoms with E-state index in [2.05, 4.69) is 5.32 Å². The zero-order chi connectivity index (χ0) is 14.5. The fraction of sp³-hybridized carbons (Fsp3) is 0.818. The van der Waals surface area contributed by atoms with Gasteiger partial charge in [-0.25, -0.2) is 9.59 Å². The van der Waals surface area contributed by atoms with Crippen LogP contribution in [0.5, 0.6) is 0 Å². The maximum Gasteiger partial charge on any atom is 0.329 e. The number of nitrogens with zero attached hydrogens (tertiary/aromatic N) is 1. The number of nitrogens with one attached hydrogen (secondary N) is 1. The predicted octanol–water partition coefficient (Wildman–Crippen LogP) is 0.648. The number of carbonyl (C=O) groups excluding carboxylic acids is 1. The molecule has 0 aliphatic carbocycles. The summed E-state index contributed by atoms with van der Waals surface area (Å²) < 4.78 is 11.2. The van der Waals surface area contributed by atoms with Crippen LogP contribution in [-0.4, -0.2) is 56.3 Å². The average Bonchev–Trinajstić information content (AvgIpc) is 2.25. The number of aliphatic carboxylic acids is 1. The van der Waals surface area contributed by atoms with Crippen LogP contribution in [0.2, 0.25) is 0 Å². The van der Waals surface area contributed by atoms with E-state index in [4.69, 9.17) is 5.11 Å². The number of carboxylic acids is 1. The lowest BCUT2D eigenvalue weighted by atomic mass is 10.0. The van der Waals surface area contributed by atoms with E-state index in [1.165, 1.54) is 18.7 Å². The Labute approximate surface area is 110 Å². The molecule has 106 valence electrons. The number of carbonyl (C=O) groups is 2. The molecule has 0 saturated carbocycles. The topological polar surface area (TPSA) is 86.7 Å². The Hall–Kier alpha value is -1.11. The second-order valence-corrected chi connectivity index (χ2v) is 6.41. The van der Waals surface area contributed by atoms with Gasteiger partial charge in [0.25, 0.3) is 0 Å². The molecule has 0 radical (unpaired) electrons. The zero-order valence-corrected chi connectivity index (χ0v) is 12.3. The largest absolute Gasteiger partial charge is 0.480 e. The van der Waals surface area contributed by atoms with Gasteiger partial charge in [0.2, 0.25) is 0 Å². The molecule has 7 heteroatoms. The summed E-state index contributed by atoms with van der Waals surface area (Å²) in [4.78, 5) is 24.2. The van der Waals surface area contributed by atoms with E-state index >= 15 is 0 Å². The summed E-state index contributed by atoms with van der Waals surface area (Å²) in [5.41, 5.74) is -1.27. The lowest BCUT2D eigenvalue weighted by Gasteiger charge is -2.34. The summed E-state index contributed by atoms with van der Waals surface area (Å²) in [6.07, 6.45) is 1.57. The Balaban J connectivity index is 4.64. The molecule has 0 saturated heterocycles. The van der Waals surface area contributed by atoms with Gasteiger partial charge in [-0.1, -0.05) is 0 Å². The first kappa shape index (κ1) is 16.9. The molecule has 0 fully saturated rings. The molecule has 0 aromatic heterocycles. The van der Waals surface area contributed by atoms with Crippen LogP contribution in [0.1, 0.15) is 27.7 Å². The lowest BCUT2D eigenvalue weighted by Crippen LogP contribution is -2.56. The maximum absolute atomic E-state index is 11.9. The Kier molecular flexibility index (Phi) is 6.31. The van der Waals surface area contributed by atoms with Gasteiger partial charge in [0.15, 0.2) is 0 Å².